The number of rotatable bonds is 7. The summed E-state index contributed by atoms with van der Waals surface area (Å²) in [6.07, 6.45) is 1.06. The van der Waals surface area contributed by atoms with Crippen molar-refractivity contribution in [3.8, 4) is 5.75 Å². The molecule has 1 rings (SSSR count). The highest BCUT2D eigenvalue weighted by Gasteiger charge is 2.07. The standard InChI is InChI=1S/C13H19BrClNO2/c1-9(2)3-4-17-5-6-18-13-11(14)7-10(15)8-12(13)16/h7-9H,3-6,16H2,1-2H3. The minimum atomic E-state index is 0.475. The van der Waals surface area contributed by atoms with E-state index in [1.807, 2.05) is 0 Å². The van der Waals surface area contributed by atoms with Gasteiger partial charge in [0.25, 0.3) is 0 Å². The molecule has 1 aromatic carbocycles. The zero-order valence-corrected chi connectivity index (χ0v) is 13.1. The molecule has 18 heavy (non-hydrogen) atoms. The summed E-state index contributed by atoms with van der Waals surface area (Å²) in [6, 6.07) is 3.42. The highest BCUT2D eigenvalue weighted by atomic mass is 79.9. The second-order valence-electron chi connectivity index (χ2n) is 4.45. The first-order valence-corrected chi connectivity index (χ1v) is 7.13. The van der Waals surface area contributed by atoms with Crippen LogP contribution in [0.25, 0.3) is 0 Å². The summed E-state index contributed by atoms with van der Waals surface area (Å²) in [5, 5.41) is 0.583. The first-order valence-electron chi connectivity index (χ1n) is 5.95. The smallest absolute Gasteiger partial charge is 0.156 e. The lowest BCUT2D eigenvalue weighted by Gasteiger charge is -2.12. The fraction of sp³-hybridized carbons (Fsp3) is 0.538. The molecular weight excluding hydrogens is 318 g/mol. The van der Waals surface area contributed by atoms with Gasteiger partial charge in [0.15, 0.2) is 5.75 Å². The monoisotopic (exact) mass is 335 g/mol. The van der Waals surface area contributed by atoms with Crippen molar-refractivity contribution in [2.45, 2.75) is 20.3 Å². The van der Waals surface area contributed by atoms with E-state index < -0.39 is 0 Å². The second-order valence-corrected chi connectivity index (χ2v) is 5.74. The summed E-state index contributed by atoms with van der Waals surface area (Å²) >= 11 is 9.23. The Kier molecular flexibility index (Phi) is 6.82. The Bertz CT molecular complexity index is 362. The molecule has 3 nitrogen and oxygen atoms in total. The molecule has 0 bridgehead atoms. The van der Waals surface area contributed by atoms with Crippen LogP contribution < -0.4 is 10.5 Å². The number of halogens is 2. The van der Waals surface area contributed by atoms with Gasteiger partial charge in [-0.05, 0) is 40.4 Å². The Morgan fingerprint density at radius 2 is 2.00 bits per heavy atom. The molecule has 2 N–H and O–H groups in total. The van der Waals surface area contributed by atoms with E-state index in [1.165, 1.54) is 0 Å². The van der Waals surface area contributed by atoms with Crippen molar-refractivity contribution < 1.29 is 9.47 Å². The van der Waals surface area contributed by atoms with Crippen molar-refractivity contribution >= 4 is 33.2 Å². The van der Waals surface area contributed by atoms with Crippen molar-refractivity contribution in [2.24, 2.45) is 5.92 Å². The molecule has 0 unspecified atom stereocenters. The lowest BCUT2D eigenvalue weighted by molar-refractivity contribution is 0.0926. The van der Waals surface area contributed by atoms with Crippen molar-refractivity contribution in [1.29, 1.82) is 0 Å². The molecule has 1 aromatic rings. The van der Waals surface area contributed by atoms with Crippen LogP contribution in [0, 0.1) is 5.92 Å². The van der Waals surface area contributed by atoms with E-state index in [-0.39, 0.29) is 0 Å². The minimum absolute atomic E-state index is 0.475. The summed E-state index contributed by atoms with van der Waals surface area (Å²) in [5.41, 5.74) is 6.35. The van der Waals surface area contributed by atoms with Gasteiger partial charge in [0.2, 0.25) is 0 Å². The summed E-state index contributed by atoms with van der Waals surface area (Å²) in [7, 11) is 0. The molecule has 0 saturated heterocycles. The number of anilines is 1. The van der Waals surface area contributed by atoms with E-state index in [4.69, 9.17) is 26.8 Å². The van der Waals surface area contributed by atoms with Gasteiger partial charge >= 0.3 is 0 Å². The van der Waals surface area contributed by atoms with E-state index in [0.717, 1.165) is 17.5 Å². The zero-order valence-electron chi connectivity index (χ0n) is 10.7. The van der Waals surface area contributed by atoms with Gasteiger partial charge < -0.3 is 15.2 Å². The van der Waals surface area contributed by atoms with E-state index in [2.05, 4.69) is 29.8 Å². The Labute approximate surface area is 122 Å². The van der Waals surface area contributed by atoms with Crippen LogP contribution in [0.5, 0.6) is 5.75 Å². The minimum Gasteiger partial charge on any atom is -0.488 e. The molecule has 0 aromatic heterocycles. The topological polar surface area (TPSA) is 44.5 Å². The Hall–Kier alpha value is -0.450. The van der Waals surface area contributed by atoms with Crippen LogP contribution in [0.1, 0.15) is 20.3 Å². The SMILES string of the molecule is CC(C)CCOCCOc1c(N)cc(Cl)cc1Br. The van der Waals surface area contributed by atoms with Gasteiger partial charge in [-0.2, -0.15) is 0 Å². The molecule has 0 spiro atoms. The first-order chi connectivity index (χ1) is 8.50. The van der Waals surface area contributed by atoms with Crippen LogP contribution in [-0.4, -0.2) is 19.8 Å². The van der Waals surface area contributed by atoms with Gasteiger partial charge in [-0.3, -0.25) is 0 Å². The van der Waals surface area contributed by atoms with E-state index in [9.17, 15) is 0 Å². The van der Waals surface area contributed by atoms with Crippen molar-refractivity contribution in [2.75, 3.05) is 25.6 Å². The summed E-state index contributed by atoms with van der Waals surface area (Å²) in [6.45, 7) is 6.14. The molecule has 0 fully saturated rings. The summed E-state index contributed by atoms with van der Waals surface area (Å²) in [4.78, 5) is 0. The molecule has 0 aliphatic carbocycles. The summed E-state index contributed by atoms with van der Waals surface area (Å²) in [5.74, 6) is 1.28. The largest absolute Gasteiger partial charge is 0.488 e. The van der Waals surface area contributed by atoms with Crippen LogP contribution in [0.4, 0.5) is 5.69 Å². The third-order valence-corrected chi connectivity index (χ3v) is 3.16. The number of hydrogen-bond acceptors (Lipinski definition) is 3. The third kappa shape index (κ3) is 5.46. The van der Waals surface area contributed by atoms with Crippen LogP contribution in [0.3, 0.4) is 0 Å². The Morgan fingerprint density at radius 1 is 1.28 bits per heavy atom. The van der Waals surface area contributed by atoms with Gasteiger partial charge in [0.1, 0.15) is 6.61 Å². The van der Waals surface area contributed by atoms with Gasteiger partial charge in [0, 0.05) is 11.6 Å². The van der Waals surface area contributed by atoms with Crippen LogP contribution >= 0.6 is 27.5 Å². The van der Waals surface area contributed by atoms with E-state index in [1.54, 1.807) is 12.1 Å². The molecule has 0 saturated carbocycles. The molecule has 0 aliphatic heterocycles. The van der Waals surface area contributed by atoms with Crippen molar-refractivity contribution in [3.63, 3.8) is 0 Å². The van der Waals surface area contributed by atoms with E-state index in [0.29, 0.717) is 35.6 Å². The molecule has 0 amide bonds. The molecule has 0 aliphatic rings. The molecule has 0 heterocycles. The number of nitrogen functional groups attached to an aromatic ring is 1. The number of nitrogens with two attached hydrogens (primary N) is 1. The number of ether oxygens (including phenoxy) is 2. The predicted octanol–water partition coefficient (Wildman–Crippen LogP) is 4.13. The fourth-order valence-corrected chi connectivity index (χ4v) is 2.30. The first kappa shape index (κ1) is 15.6. The fourth-order valence-electron chi connectivity index (χ4n) is 1.36. The quantitative estimate of drug-likeness (QED) is 0.601. The van der Waals surface area contributed by atoms with E-state index >= 15 is 0 Å². The maximum Gasteiger partial charge on any atom is 0.156 e. The van der Waals surface area contributed by atoms with Crippen LogP contribution in [-0.2, 0) is 4.74 Å². The van der Waals surface area contributed by atoms with Gasteiger partial charge in [-0.1, -0.05) is 25.4 Å². The number of hydrogen-bond donors (Lipinski definition) is 1. The average molecular weight is 337 g/mol. The number of benzene rings is 1. The molecule has 102 valence electrons. The summed E-state index contributed by atoms with van der Waals surface area (Å²) < 4.78 is 11.8. The molecule has 0 radical (unpaired) electrons. The molecule has 5 heteroatoms. The van der Waals surface area contributed by atoms with Crippen molar-refractivity contribution in [1.82, 2.24) is 0 Å². The van der Waals surface area contributed by atoms with Crippen molar-refractivity contribution in [3.05, 3.63) is 21.6 Å². The normalized spacial score (nSPS) is 10.9. The van der Waals surface area contributed by atoms with Crippen LogP contribution in [0.15, 0.2) is 16.6 Å². The average Bonchev–Trinajstić information content (AvgIpc) is 2.25. The second kappa shape index (κ2) is 7.87. The lowest BCUT2D eigenvalue weighted by Crippen LogP contribution is -2.09. The maximum absolute atomic E-state index is 5.86. The lowest BCUT2D eigenvalue weighted by atomic mass is 10.1. The molecular formula is C13H19BrClNO2. The van der Waals surface area contributed by atoms with Gasteiger partial charge in [0.05, 0.1) is 16.8 Å². The third-order valence-electron chi connectivity index (χ3n) is 2.35. The highest BCUT2D eigenvalue weighted by molar-refractivity contribution is 9.10. The maximum atomic E-state index is 5.86. The predicted molar refractivity (Wildman–Crippen MR) is 79.3 cm³/mol. The Balaban J connectivity index is 2.31. The zero-order chi connectivity index (χ0) is 13.5. The highest BCUT2D eigenvalue weighted by Crippen LogP contribution is 2.34. The van der Waals surface area contributed by atoms with Gasteiger partial charge in [-0.15, -0.1) is 0 Å². The van der Waals surface area contributed by atoms with Crippen LogP contribution in [0.2, 0.25) is 5.02 Å². The molecule has 0 atom stereocenters. The Morgan fingerprint density at radius 3 is 2.61 bits per heavy atom. The van der Waals surface area contributed by atoms with Gasteiger partial charge in [-0.25, -0.2) is 0 Å².